The van der Waals surface area contributed by atoms with Crippen molar-refractivity contribution in [3.8, 4) is 0 Å². The summed E-state index contributed by atoms with van der Waals surface area (Å²) >= 11 is 0. The Bertz CT molecular complexity index is 180. The summed E-state index contributed by atoms with van der Waals surface area (Å²) in [6.45, 7) is 2.54. The monoisotopic (exact) mass is 255 g/mol. The Balaban J connectivity index is 2.92. The van der Waals surface area contributed by atoms with Gasteiger partial charge in [0.2, 0.25) is 0 Å². The first-order valence-corrected chi connectivity index (χ1v) is 7.97. The normalized spacial score (nSPS) is 10.8. The number of unbranched alkanes of at least 4 members (excludes halogenated alkanes) is 11. The molecule has 0 aliphatic carbocycles. The molecule has 0 aliphatic heterocycles. The van der Waals surface area contributed by atoms with Gasteiger partial charge < -0.3 is 10.5 Å². The van der Waals surface area contributed by atoms with Crippen molar-refractivity contribution in [3.05, 3.63) is 0 Å². The van der Waals surface area contributed by atoms with Crippen LogP contribution < -0.4 is 5.73 Å². The summed E-state index contributed by atoms with van der Waals surface area (Å²) < 4.78 is 0. The van der Waals surface area contributed by atoms with E-state index >= 15 is 0 Å². The highest BCUT2D eigenvalue weighted by Crippen LogP contribution is 2.12. The fraction of sp³-hybridized carbons (Fsp3) is 0.938. The van der Waals surface area contributed by atoms with Crippen molar-refractivity contribution in [2.45, 2.75) is 90.4 Å². The second-order valence-electron chi connectivity index (χ2n) is 5.48. The van der Waals surface area contributed by atoms with Gasteiger partial charge >= 0.3 is 0 Å². The Hall–Kier alpha value is -0.370. The van der Waals surface area contributed by atoms with Crippen LogP contribution in [0.25, 0.3) is 0 Å². The summed E-state index contributed by atoms with van der Waals surface area (Å²) in [4.78, 5) is 10.7. The highest BCUT2D eigenvalue weighted by Gasteiger charge is 1.95. The van der Waals surface area contributed by atoms with Gasteiger partial charge in [-0.15, -0.1) is 0 Å². The lowest BCUT2D eigenvalue weighted by Crippen LogP contribution is -1.97. The summed E-state index contributed by atoms with van der Waals surface area (Å²) in [5.41, 5.74) is 5.46. The van der Waals surface area contributed by atoms with Crippen molar-refractivity contribution in [1.82, 2.24) is 0 Å². The van der Waals surface area contributed by atoms with Gasteiger partial charge in [0.05, 0.1) is 0 Å². The lowest BCUT2D eigenvalue weighted by Gasteiger charge is -2.02. The van der Waals surface area contributed by atoms with Crippen molar-refractivity contribution in [2.75, 3.05) is 6.54 Å². The lowest BCUT2D eigenvalue weighted by atomic mass is 10.0. The molecule has 0 spiro atoms. The van der Waals surface area contributed by atoms with Gasteiger partial charge in [-0.25, -0.2) is 0 Å². The maximum atomic E-state index is 10.7. The van der Waals surface area contributed by atoms with Gasteiger partial charge in [-0.05, 0) is 26.3 Å². The van der Waals surface area contributed by atoms with Crippen LogP contribution in [0.3, 0.4) is 0 Å². The van der Waals surface area contributed by atoms with Gasteiger partial charge in [-0.3, -0.25) is 0 Å². The molecule has 2 nitrogen and oxygen atoms in total. The Morgan fingerprint density at radius 3 is 1.33 bits per heavy atom. The SMILES string of the molecule is CC(=O)CCCCCCCCCCCCCCN. The van der Waals surface area contributed by atoms with E-state index in [1.54, 1.807) is 6.92 Å². The maximum Gasteiger partial charge on any atom is 0.129 e. The summed E-state index contributed by atoms with van der Waals surface area (Å²) in [5, 5.41) is 0. The molecular formula is C16H33NO. The van der Waals surface area contributed by atoms with Crippen molar-refractivity contribution < 1.29 is 4.79 Å². The summed E-state index contributed by atoms with van der Waals surface area (Å²) in [6, 6.07) is 0. The van der Waals surface area contributed by atoms with Gasteiger partial charge in [0.1, 0.15) is 5.78 Å². The van der Waals surface area contributed by atoms with E-state index in [0.29, 0.717) is 5.78 Å². The van der Waals surface area contributed by atoms with Gasteiger partial charge in [0, 0.05) is 6.42 Å². The highest BCUT2D eigenvalue weighted by atomic mass is 16.1. The minimum atomic E-state index is 0.338. The van der Waals surface area contributed by atoms with Crippen LogP contribution in [0.15, 0.2) is 0 Å². The first-order chi connectivity index (χ1) is 8.77. The molecule has 0 rings (SSSR count). The molecule has 0 saturated heterocycles. The molecule has 0 radical (unpaired) electrons. The lowest BCUT2D eigenvalue weighted by molar-refractivity contribution is -0.117. The molecule has 0 unspecified atom stereocenters. The third-order valence-electron chi connectivity index (χ3n) is 3.48. The van der Waals surface area contributed by atoms with E-state index in [4.69, 9.17) is 5.73 Å². The third kappa shape index (κ3) is 15.6. The second-order valence-corrected chi connectivity index (χ2v) is 5.48. The van der Waals surface area contributed by atoms with Gasteiger partial charge in [0.15, 0.2) is 0 Å². The average molecular weight is 255 g/mol. The van der Waals surface area contributed by atoms with Crippen LogP contribution in [0.4, 0.5) is 0 Å². The smallest absolute Gasteiger partial charge is 0.129 e. The number of carbonyl (C=O) groups excluding carboxylic acids is 1. The summed E-state index contributed by atoms with van der Waals surface area (Å²) in [6.07, 6.45) is 16.6. The molecule has 0 atom stereocenters. The summed E-state index contributed by atoms with van der Waals surface area (Å²) in [7, 11) is 0. The molecular weight excluding hydrogens is 222 g/mol. The Labute approximate surface area is 114 Å². The van der Waals surface area contributed by atoms with E-state index in [9.17, 15) is 4.79 Å². The molecule has 0 amide bonds. The minimum absolute atomic E-state index is 0.338. The van der Waals surface area contributed by atoms with Crippen LogP contribution in [-0.4, -0.2) is 12.3 Å². The predicted molar refractivity (Wildman–Crippen MR) is 79.8 cm³/mol. The molecule has 0 saturated carbocycles. The number of hydrogen-bond donors (Lipinski definition) is 1. The van der Waals surface area contributed by atoms with E-state index in [2.05, 4.69) is 0 Å². The predicted octanol–water partition coefficient (Wildman–Crippen LogP) is 4.61. The standard InChI is InChI=1S/C16H33NO/c1-16(18)14-12-10-8-6-4-2-3-5-7-9-11-13-15-17/h2-15,17H2,1H3. The van der Waals surface area contributed by atoms with Crippen LogP contribution >= 0.6 is 0 Å². The Morgan fingerprint density at radius 1 is 0.667 bits per heavy atom. The minimum Gasteiger partial charge on any atom is -0.330 e. The maximum absolute atomic E-state index is 10.7. The topological polar surface area (TPSA) is 43.1 Å². The average Bonchev–Trinajstić information content (AvgIpc) is 2.34. The van der Waals surface area contributed by atoms with Gasteiger partial charge in [-0.2, -0.15) is 0 Å². The fourth-order valence-electron chi connectivity index (χ4n) is 2.29. The molecule has 18 heavy (non-hydrogen) atoms. The van der Waals surface area contributed by atoms with E-state index in [0.717, 1.165) is 19.4 Å². The highest BCUT2D eigenvalue weighted by molar-refractivity contribution is 5.75. The van der Waals surface area contributed by atoms with Crippen molar-refractivity contribution in [3.63, 3.8) is 0 Å². The number of hydrogen-bond acceptors (Lipinski definition) is 2. The fourth-order valence-corrected chi connectivity index (χ4v) is 2.29. The number of carbonyl (C=O) groups is 1. The van der Waals surface area contributed by atoms with Crippen molar-refractivity contribution >= 4 is 5.78 Å². The summed E-state index contributed by atoms with van der Waals surface area (Å²) in [5.74, 6) is 0.338. The molecule has 108 valence electrons. The van der Waals surface area contributed by atoms with Gasteiger partial charge in [0.25, 0.3) is 0 Å². The number of ketones is 1. The number of Topliss-reactive ketones (excluding diaryl/α,β-unsaturated/α-hetero) is 1. The zero-order valence-corrected chi connectivity index (χ0v) is 12.4. The van der Waals surface area contributed by atoms with Gasteiger partial charge in [-0.1, -0.05) is 64.2 Å². The number of rotatable bonds is 14. The Kier molecular flexibility index (Phi) is 14.4. The largest absolute Gasteiger partial charge is 0.330 e. The zero-order valence-electron chi connectivity index (χ0n) is 12.4. The molecule has 0 aromatic rings. The van der Waals surface area contributed by atoms with Crippen molar-refractivity contribution in [2.24, 2.45) is 5.73 Å². The molecule has 0 aromatic carbocycles. The number of nitrogens with two attached hydrogens (primary N) is 1. The molecule has 0 heterocycles. The molecule has 0 fully saturated rings. The van der Waals surface area contributed by atoms with Crippen LogP contribution in [0.2, 0.25) is 0 Å². The van der Waals surface area contributed by atoms with Crippen LogP contribution in [0, 0.1) is 0 Å². The Morgan fingerprint density at radius 2 is 1.00 bits per heavy atom. The molecule has 2 heteroatoms. The quantitative estimate of drug-likeness (QED) is 0.461. The third-order valence-corrected chi connectivity index (χ3v) is 3.48. The van der Waals surface area contributed by atoms with Crippen molar-refractivity contribution in [1.29, 1.82) is 0 Å². The first kappa shape index (κ1) is 17.6. The molecule has 2 N–H and O–H groups in total. The van der Waals surface area contributed by atoms with E-state index in [1.165, 1.54) is 70.6 Å². The second kappa shape index (κ2) is 14.7. The van der Waals surface area contributed by atoms with Crippen LogP contribution in [0.1, 0.15) is 90.4 Å². The van der Waals surface area contributed by atoms with Crippen LogP contribution in [-0.2, 0) is 4.79 Å². The van der Waals surface area contributed by atoms with Crippen LogP contribution in [0.5, 0.6) is 0 Å². The first-order valence-electron chi connectivity index (χ1n) is 7.97. The van der Waals surface area contributed by atoms with E-state index < -0.39 is 0 Å². The molecule has 0 aliphatic rings. The molecule has 0 aromatic heterocycles. The van der Waals surface area contributed by atoms with E-state index in [-0.39, 0.29) is 0 Å². The zero-order chi connectivity index (χ0) is 13.5. The van der Waals surface area contributed by atoms with E-state index in [1.807, 2.05) is 0 Å². The molecule has 0 bridgehead atoms.